The van der Waals surface area contributed by atoms with Gasteiger partial charge in [-0.3, -0.25) is 4.79 Å². The van der Waals surface area contributed by atoms with E-state index in [1.54, 1.807) is 48.5 Å². The zero-order valence-electron chi connectivity index (χ0n) is 19.3. The van der Waals surface area contributed by atoms with Gasteiger partial charge in [-0.15, -0.1) is 0 Å². The van der Waals surface area contributed by atoms with E-state index in [0.29, 0.717) is 45.2 Å². The van der Waals surface area contributed by atoms with Crippen LogP contribution in [0.5, 0.6) is 0 Å². The van der Waals surface area contributed by atoms with Gasteiger partial charge in [-0.1, -0.05) is 55.2 Å². The maximum atomic E-state index is 12.9. The van der Waals surface area contributed by atoms with E-state index < -0.39 is 0 Å². The van der Waals surface area contributed by atoms with E-state index in [0.717, 1.165) is 23.1 Å². The number of nitrogens with one attached hydrogen (secondary N) is 1. The van der Waals surface area contributed by atoms with Gasteiger partial charge in [0.15, 0.2) is 5.82 Å². The Morgan fingerprint density at radius 2 is 1.89 bits per heavy atom. The number of hydrogen-bond donors (Lipinski definition) is 1. The normalized spacial score (nSPS) is 13.2. The van der Waals surface area contributed by atoms with Gasteiger partial charge in [0.1, 0.15) is 5.94 Å². The molecule has 0 aliphatic carbocycles. The SMILES string of the molecule is CC.O=C(Nc1ccc(Cl)c(-c2ncc3ccccc3n2)c1)c1ccc(N2CCOCS2)cc1Cl. The van der Waals surface area contributed by atoms with Gasteiger partial charge in [0, 0.05) is 28.5 Å². The summed E-state index contributed by atoms with van der Waals surface area (Å²) in [7, 11) is 0. The monoisotopic (exact) mass is 526 g/mol. The molecule has 0 bridgehead atoms. The first kappa shape index (κ1) is 25.3. The molecule has 5 rings (SSSR count). The van der Waals surface area contributed by atoms with E-state index in [9.17, 15) is 4.79 Å². The number of aromatic nitrogens is 2. The first-order valence-corrected chi connectivity index (χ1v) is 12.9. The standard InChI is InChI=1S/C24H18Cl2N4O2S.C2H6/c25-20-8-5-16(11-19(20)23-27-13-15-3-1-2-4-22(15)29-23)28-24(31)18-7-6-17(12-21(18)26)30-9-10-32-14-33-30;1-2/h1-8,11-13H,9-10,14H2,(H,28,31);1-2H3. The van der Waals surface area contributed by atoms with Crippen molar-refractivity contribution >= 4 is 63.3 Å². The Balaban J connectivity index is 0.00000141. The third-order valence-electron chi connectivity index (χ3n) is 5.17. The molecule has 180 valence electrons. The van der Waals surface area contributed by atoms with Crippen LogP contribution in [-0.2, 0) is 4.74 Å². The highest BCUT2D eigenvalue weighted by molar-refractivity contribution is 8.00. The van der Waals surface area contributed by atoms with E-state index in [2.05, 4.69) is 19.6 Å². The predicted octanol–water partition coefficient (Wildman–Crippen LogP) is 7.32. The second kappa shape index (κ2) is 11.7. The van der Waals surface area contributed by atoms with E-state index in [1.807, 2.05) is 44.2 Å². The predicted molar refractivity (Wildman–Crippen MR) is 146 cm³/mol. The number of anilines is 2. The molecule has 4 aromatic rings. The smallest absolute Gasteiger partial charge is 0.257 e. The van der Waals surface area contributed by atoms with E-state index in [4.69, 9.17) is 27.9 Å². The van der Waals surface area contributed by atoms with Crippen LogP contribution in [0.3, 0.4) is 0 Å². The van der Waals surface area contributed by atoms with E-state index in [1.165, 1.54) is 0 Å². The van der Waals surface area contributed by atoms with Crippen molar-refractivity contribution < 1.29 is 9.53 Å². The molecule has 1 N–H and O–H groups in total. The van der Waals surface area contributed by atoms with E-state index in [-0.39, 0.29) is 5.91 Å². The summed E-state index contributed by atoms with van der Waals surface area (Å²) in [5.74, 6) is 0.772. The van der Waals surface area contributed by atoms with Crippen LogP contribution in [0.2, 0.25) is 10.0 Å². The summed E-state index contributed by atoms with van der Waals surface area (Å²) in [6.45, 7) is 5.42. The molecule has 1 saturated heterocycles. The van der Waals surface area contributed by atoms with Crippen LogP contribution in [-0.4, -0.2) is 35.0 Å². The lowest BCUT2D eigenvalue weighted by molar-refractivity contribution is 0.102. The van der Waals surface area contributed by atoms with Gasteiger partial charge in [-0.25, -0.2) is 9.97 Å². The van der Waals surface area contributed by atoms with Gasteiger partial charge in [0.05, 0.1) is 34.3 Å². The number of rotatable bonds is 4. The molecular formula is C26H24Cl2N4O2S. The average Bonchev–Trinajstić information content (AvgIpc) is 2.91. The summed E-state index contributed by atoms with van der Waals surface area (Å²) in [5.41, 5.74) is 3.34. The second-order valence-corrected chi connectivity index (χ2v) is 9.07. The summed E-state index contributed by atoms with van der Waals surface area (Å²) in [5, 5.41) is 4.71. The van der Waals surface area contributed by atoms with Gasteiger partial charge in [-0.2, -0.15) is 0 Å². The maximum absolute atomic E-state index is 12.9. The minimum atomic E-state index is -0.311. The Morgan fingerprint density at radius 1 is 1.06 bits per heavy atom. The number of para-hydroxylation sites is 1. The van der Waals surface area contributed by atoms with Crippen LogP contribution < -0.4 is 9.62 Å². The van der Waals surface area contributed by atoms with Crippen LogP contribution >= 0.6 is 35.1 Å². The molecule has 9 heteroatoms. The van der Waals surface area contributed by atoms with E-state index >= 15 is 0 Å². The molecule has 0 radical (unpaired) electrons. The van der Waals surface area contributed by atoms with Crippen molar-refractivity contribution in [3.8, 4) is 11.4 Å². The lowest BCUT2D eigenvalue weighted by Gasteiger charge is -2.27. The van der Waals surface area contributed by atoms with Crippen LogP contribution in [0.1, 0.15) is 24.2 Å². The van der Waals surface area contributed by atoms with Gasteiger partial charge in [0.2, 0.25) is 0 Å². The number of benzene rings is 3. The van der Waals surface area contributed by atoms with Crippen molar-refractivity contribution in [3.63, 3.8) is 0 Å². The summed E-state index contributed by atoms with van der Waals surface area (Å²) in [6, 6.07) is 18.3. The number of amides is 1. The third kappa shape index (κ3) is 5.87. The molecule has 1 amide bonds. The first-order chi connectivity index (χ1) is 17.1. The van der Waals surface area contributed by atoms with Crippen molar-refractivity contribution in [2.24, 2.45) is 0 Å². The maximum Gasteiger partial charge on any atom is 0.257 e. The van der Waals surface area contributed by atoms with Gasteiger partial charge in [0.25, 0.3) is 5.91 Å². The summed E-state index contributed by atoms with van der Waals surface area (Å²) >= 11 is 14.4. The summed E-state index contributed by atoms with van der Waals surface area (Å²) in [6.07, 6.45) is 1.76. The zero-order chi connectivity index (χ0) is 24.8. The van der Waals surface area contributed by atoms with Crippen molar-refractivity contribution in [1.82, 2.24) is 9.97 Å². The molecule has 0 spiro atoms. The van der Waals surface area contributed by atoms with Crippen molar-refractivity contribution in [2.45, 2.75) is 13.8 Å². The Labute approximate surface area is 218 Å². The lowest BCUT2D eigenvalue weighted by Crippen LogP contribution is -2.26. The molecule has 1 aromatic heterocycles. The number of hydrogen-bond acceptors (Lipinski definition) is 6. The number of fused-ring (bicyclic) bond motifs is 1. The highest BCUT2D eigenvalue weighted by Gasteiger charge is 2.17. The minimum Gasteiger partial charge on any atom is -0.367 e. The molecule has 0 atom stereocenters. The number of carbonyl (C=O) groups is 1. The number of ether oxygens (including phenoxy) is 1. The Morgan fingerprint density at radius 3 is 2.66 bits per heavy atom. The molecular weight excluding hydrogens is 503 g/mol. The van der Waals surface area contributed by atoms with Crippen molar-refractivity contribution in [2.75, 3.05) is 28.7 Å². The number of halogens is 2. The molecule has 3 aromatic carbocycles. The Hall–Kier alpha value is -2.84. The van der Waals surface area contributed by atoms with Crippen LogP contribution in [0, 0.1) is 0 Å². The molecule has 35 heavy (non-hydrogen) atoms. The highest BCUT2D eigenvalue weighted by Crippen LogP contribution is 2.32. The number of carbonyl (C=O) groups excluding carboxylic acids is 1. The molecule has 1 aliphatic heterocycles. The largest absolute Gasteiger partial charge is 0.367 e. The van der Waals surface area contributed by atoms with Crippen molar-refractivity contribution in [3.05, 3.63) is 82.5 Å². The molecule has 1 fully saturated rings. The van der Waals surface area contributed by atoms with Gasteiger partial charge >= 0.3 is 0 Å². The fourth-order valence-corrected chi connectivity index (χ4v) is 4.74. The van der Waals surface area contributed by atoms with Crippen LogP contribution in [0.15, 0.2) is 66.9 Å². The Kier molecular flexibility index (Phi) is 8.46. The van der Waals surface area contributed by atoms with Crippen LogP contribution in [0.25, 0.3) is 22.3 Å². The zero-order valence-corrected chi connectivity index (χ0v) is 21.6. The summed E-state index contributed by atoms with van der Waals surface area (Å²) in [4.78, 5) is 22.0. The minimum absolute atomic E-state index is 0.311. The first-order valence-electron chi connectivity index (χ1n) is 11.2. The average molecular weight is 527 g/mol. The van der Waals surface area contributed by atoms with Crippen molar-refractivity contribution in [1.29, 1.82) is 0 Å². The topological polar surface area (TPSA) is 67.4 Å². The number of nitrogens with zero attached hydrogens (tertiary/aromatic N) is 3. The summed E-state index contributed by atoms with van der Waals surface area (Å²) < 4.78 is 7.46. The second-order valence-electron chi connectivity index (χ2n) is 7.32. The molecule has 6 nitrogen and oxygen atoms in total. The molecule has 1 aliphatic rings. The third-order valence-corrected chi connectivity index (χ3v) is 6.79. The molecule has 0 saturated carbocycles. The fourth-order valence-electron chi connectivity index (χ4n) is 3.49. The highest BCUT2D eigenvalue weighted by atomic mass is 35.5. The van der Waals surface area contributed by atoms with Crippen LogP contribution in [0.4, 0.5) is 11.4 Å². The van der Waals surface area contributed by atoms with Gasteiger partial charge in [-0.05, 0) is 54.4 Å². The Bertz CT molecular complexity index is 1350. The quantitative estimate of drug-likeness (QED) is 0.281. The fraction of sp³-hybridized carbons (Fsp3) is 0.192. The van der Waals surface area contributed by atoms with Gasteiger partial charge < -0.3 is 14.4 Å². The molecule has 2 heterocycles. The lowest BCUT2D eigenvalue weighted by atomic mass is 10.1. The molecule has 0 unspecified atom stereocenters.